The molecule has 20 heavy (non-hydrogen) atoms. The zero-order chi connectivity index (χ0) is 14.7. The minimum atomic E-state index is -0.226. The maximum Gasteiger partial charge on any atom is 0.272 e. The lowest BCUT2D eigenvalue weighted by molar-refractivity contribution is 0.0945. The van der Waals surface area contributed by atoms with E-state index in [0.29, 0.717) is 24.1 Å². The quantitative estimate of drug-likeness (QED) is 0.810. The molecule has 1 aliphatic carbocycles. The third kappa shape index (κ3) is 3.66. The number of anilines is 1. The van der Waals surface area contributed by atoms with Crippen LogP contribution in [0, 0.1) is 0 Å². The van der Waals surface area contributed by atoms with Gasteiger partial charge in [0.25, 0.3) is 5.91 Å². The van der Waals surface area contributed by atoms with Crippen LogP contribution in [0.3, 0.4) is 0 Å². The number of carbonyl (C=O) groups is 1. The minimum Gasteiger partial charge on any atom is -0.396 e. The van der Waals surface area contributed by atoms with Crippen molar-refractivity contribution in [3.8, 4) is 0 Å². The first-order valence-corrected chi connectivity index (χ1v) is 7.10. The molecule has 1 aliphatic rings. The van der Waals surface area contributed by atoms with Gasteiger partial charge < -0.3 is 16.0 Å². The average molecular weight is 277 g/mol. The number of nitrogen functional groups attached to an aromatic ring is 1. The predicted molar refractivity (Wildman–Crippen MR) is 78.5 cm³/mol. The Bertz CT molecular complexity index is 484. The number of nitrogens with one attached hydrogen (secondary N) is 1. The summed E-state index contributed by atoms with van der Waals surface area (Å²) in [5, 5.41) is 2.87. The van der Waals surface area contributed by atoms with E-state index in [0.717, 1.165) is 6.54 Å². The maximum absolute atomic E-state index is 12.1. The van der Waals surface area contributed by atoms with Crippen LogP contribution in [0.5, 0.6) is 0 Å². The highest BCUT2D eigenvalue weighted by Crippen LogP contribution is 2.24. The normalized spacial score (nSPS) is 14.8. The Hall–Kier alpha value is -1.69. The molecule has 0 spiro atoms. The highest BCUT2D eigenvalue weighted by Gasteiger charge is 2.25. The van der Waals surface area contributed by atoms with Gasteiger partial charge in [0.05, 0.1) is 11.9 Å². The van der Waals surface area contributed by atoms with Crippen molar-refractivity contribution in [2.75, 3.05) is 25.9 Å². The number of hydrogen-bond donors (Lipinski definition) is 2. The first-order chi connectivity index (χ1) is 9.49. The number of rotatable bonds is 6. The second kappa shape index (κ2) is 6.17. The second-order valence-electron chi connectivity index (χ2n) is 5.65. The molecular formula is C14H23N5O. The van der Waals surface area contributed by atoms with Crippen LogP contribution in [0.15, 0.2) is 6.20 Å². The second-order valence-corrected chi connectivity index (χ2v) is 5.65. The Morgan fingerprint density at radius 1 is 1.55 bits per heavy atom. The molecule has 1 aromatic heterocycles. The number of aromatic nitrogens is 2. The Morgan fingerprint density at radius 3 is 2.85 bits per heavy atom. The molecule has 110 valence electrons. The van der Waals surface area contributed by atoms with Gasteiger partial charge in [-0.05, 0) is 19.9 Å². The highest BCUT2D eigenvalue weighted by atomic mass is 16.1. The van der Waals surface area contributed by atoms with E-state index in [2.05, 4.69) is 27.2 Å². The first-order valence-electron chi connectivity index (χ1n) is 7.10. The van der Waals surface area contributed by atoms with E-state index in [9.17, 15) is 4.79 Å². The Balaban J connectivity index is 1.92. The highest BCUT2D eigenvalue weighted by molar-refractivity contribution is 5.96. The van der Waals surface area contributed by atoms with Gasteiger partial charge in [-0.2, -0.15) is 0 Å². The minimum absolute atomic E-state index is 0.170. The molecule has 0 unspecified atom stereocenters. The van der Waals surface area contributed by atoms with Crippen molar-refractivity contribution < 1.29 is 4.79 Å². The summed E-state index contributed by atoms with van der Waals surface area (Å²) in [7, 11) is 2.08. The standard InChI is InChI=1S/C14H23N5O/c1-9(2)13-17-8-11(15)12(18-13)14(20)16-6-7-19(3)10-4-5-10/h8-10H,4-7,15H2,1-3H3,(H,16,20). The first kappa shape index (κ1) is 14.7. The van der Waals surface area contributed by atoms with Crippen LogP contribution in [-0.2, 0) is 0 Å². The zero-order valence-corrected chi connectivity index (χ0v) is 12.4. The summed E-state index contributed by atoms with van der Waals surface area (Å²) < 4.78 is 0. The van der Waals surface area contributed by atoms with Crippen molar-refractivity contribution >= 4 is 11.6 Å². The van der Waals surface area contributed by atoms with Crippen molar-refractivity contribution in [2.45, 2.75) is 38.6 Å². The summed E-state index contributed by atoms with van der Waals surface area (Å²) in [4.78, 5) is 22.8. The van der Waals surface area contributed by atoms with Crippen LogP contribution in [0.4, 0.5) is 5.69 Å². The summed E-state index contributed by atoms with van der Waals surface area (Å²) in [5.41, 5.74) is 6.38. The lowest BCUT2D eigenvalue weighted by Gasteiger charge is -2.16. The van der Waals surface area contributed by atoms with Crippen LogP contribution in [0.1, 0.15) is 48.9 Å². The fourth-order valence-corrected chi connectivity index (χ4v) is 1.99. The Labute approximate surface area is 119 Å². The number of likely N-dealkylation sites (N-methyl/N-ethyl adjacent to an activating group) is 1. The summed E-state index contributed by atoms with van der Waals surface area (Å²) in [6.07, 6.45) is 4.04. The van der Waals surface area contributed by atoms with Crippen molar-refractivity contribution in [2.24, 2.45) is 0 Å². The van der Waals surface area contributed by atoms with Gasteiger partial charge in [-0.25, -0.2) is 9.97 Å². The van der Waals surface area contributed by atoms with Crippen LogP contribution in [0.2, 0.25) is 0 Å². The van der Waals surface area contributed by atoms with E-state index in [1.165, 1.54) is 19.0 Å². The number of hydrogen-bond acceptors (Lipinski definition) is 5. The molecular weight excluding hydrogens is 254 g/mol. The third-order valence-corrected chi connectivity index (χ3v) is 3.49. The van der Waals surface area contributed by atoms with Gasteiger partial charge in [0.1, 0.15) is 5.82 Å². The average Bonchev–Trinajstić information content (AvgIpc) is 3.22. The lowest BCUT2D eigenvalue weighted by Crippen LogP contribution is -2.34. The van der Waals surface area contributed by atoms with Gasteiger partial charge in [-0.15, -0.1) is 0 Å². The summed E-state index contributed by atoms with van der Waals surface area (Å²) in [6, 6.07) is 0.698. The SMILES string of the molecule is CC(C)c1ncc(N)c(C(=O)NCCN(C)C2CC2)n1. The molecule has 1 aromatic rings. The van der Waals surface area contributed by atoms with Gasteiger partial charge in [-0.3, -0.25) is 4.79 Å². The van der Waals surface area contributed by atoms with E-state index in [1.807, 2.05) is 13.8 Å². The molecule has 0 aliphatic heterocycles. The van der Waals surface area contributed by atoms with Gasteiger partial charge >= 0.3 is 0 Å². The number of nitrogens with two attached hydrogens (primary N) is 1. The molecule has 1 amide bonds. The number of nitrogens with zero attached hydrogens (tertiary/aromatic N) is 3. The van der Waals surface area contributed by atoms with E-state index in [-0.39, 0.29) is 17.5 Å². The lowest BCUT2D eigenvalue weighted by atomic mass is 10.2. The number of amides is 1. The Kier molecular flexibility index (Phi) is 4.54. The van der Waals surface area contributed by atoms with Gasteiger partial charge in [0, 0.05) is 25.0 Å². The van der Waals surface area contributed by atoms with E-state index in [1.54, 1.807) is 0 Å². The molecule has 0 atom stereocenters. The zero-order valence-electron chi connectivity index (χ0n) is 12.4. The topological polar surface area (TPSA) is 84.1 Å². The fraction of sp³-hybridized carbons (Fsp3) is 0.643. The van der Waals surface area contributed by atoms with Crippen molar-refractivity contribution in [3.05, 3.63) is 17.7 Å². The summed E-state index contributed by atoms with van der Waals surface area (Å²) in [5.74, 6) is 0.582. The van der Waals surface area contributed by atoms with Crippen LogP contribution < -0.4 is 11.1 Å². The van der Waals surface area contributed by atoms with Gasteiger partial charge in [-0.1, -0.05) is 13.8 Å². The molecule has 0 bridgehead atoms. The largest absolute Gasteiger partial charge is 0.396 e. The molecule has 0 saturated heterocycles. The van der Waals surface area contributed by atoms with Crippen LogP contribution in [0.25, 0.3) is 0 Å². The monoisotopic (exact) mass is 277 g/mol. The smallest absolute Gasteiger partial charge is 0.272 e. The van der Waals surface area contributed by atoms with Crippen molar-refractivity contribution in [3.63, 3.8) is 0 Å². The molecule has 0 radical (unpaired) electrons. The molecule has 1 saturated carbocycles. The van der Waals surface area contributed by atoms with E-state index < -0.39 is 0 Å². The van der Waals surface area contributed by atoms with Crippen LogP contribution in [-0.4, -0.2) is 47.0 Å². The van der Waals surface area contributed by atoms with Gasteiger partial charge in [0.2, 0.25) is 0 Å². The van der Waals surface area contributed by atoms with E-state index >= 15 is 0 Å². The molecule has 6 heteroatoms. The van der Waals surface area contributed by atoms with Gasteiger partial charge in [0.15, 0.2) is 5.69 Å². The van der Waals surface area contributed by atoms with E-state index in [4.69, 9.17) is 5.73 Å². The molecule has 2 rings (SSSR count). The molecule has 0 aromatic carbocycles. The number of carbonyl (C=O) groups excluding carboxylic acids is 1. The molecule has 3 N–H and O–H groups in total. The Morgan fingerprint density at radius 2 is 2.25 bits per heavy atom. The summed E-state index contributed by atoms with van der Waals surface area (Å²) in [6.45, 7) is 5.42. The fourth-order valence-electron chi connectivity index (χ4n) is 1.99. The van der Waals surface area contributed by atoms with Crippen LogP contribution >= 0.6 is 0 Å². The van der Waals surface area contributed by atoms with Crippen molar-refractivity contribution in [1.29, 1.82) is 0 Å². The summed E-state index contributed by atoms with van der Waals surface area (Å²) >= 11 is 0. The molecule has 1 heterocycles. The maximum atomic E-state index is 12.1. The van der Waals surface area contributed by atoms with Crippen molar-refractivity contribution in [1.82, 2.24) is 20.2 Å². The third-order valence-electron chi connectivity index (χ3n) is 3.49. The molecule has 6 nitrogen and oxygen atoms in total. The predicted octanol–water partition coefficient (Wildman–Crippen LogP) is 1.01. The molecule has 1 fully saturated rings.